The molecule has 6 nitrogen and oxygen atoms in total. The summed E-state index contributed by atoms with van der Waals surface area (Å²) in [6.07, 6.45) is 6.69. The van der Waals surface area contributed by atoms with Gasteiger partial charge in [0.05, 0.1) is 16.6 Å². The number of halogens is 1. The maximum atomic E-state index is 4.82. The number of anilines is 1. The summed E-state index contributed by atoms with van der Waals surface area (Å²) in [5, 5.41) is 8.69. The van der Waals surface area contributed by atoms with Gasteiger partial charge in [-0.1, -0.05) is 28.4 Å². The molecule has 2 aromatic heterocycles. The predicted octanol–water partition coefficient (Wildman–Crippen LogP) is 5.32. The van der Waals surface area contributed by atoms with Crippen molar-refractivity contribution in [2.24, 2.45) is 0 Å². The fourth-order valence-electron chi connectivity index (χ4n) is 5.28. The lowest BCUT2D eigenvalue weighted by molar-refractivity contribution is 0.141. The van der Waals surface area contributed by atoms with E-state index in [-0.39, 0.29) is 0 Å². The van der Waals surface area contributed by atoms with Crippen LogP contribution in [0.3, 0.4) is 0 Å². The average molecular weight is 479 g/mol. The van der Waals surface area contributed by atoms with Crippen LogP contribution in [0, 0.1) is 0 Å². The molecule has 7 heteroatoms. The minimum absolute atomic E-state index is 0.769. The van der Waals surface area contributed by atoms with Crippen LogP contribution in [0.1, 0.15) is 32.1 Å². The van der Waals surface area contributed by atoms with Crippen molar-refractivity contribution in [3.05, 3.63) is 40.9 Å². The van der Waals surface area contributed by atoms with Crippen LogP contribution in [0.4, 0.5) is 5.69 Å². The third-order valence-corrected chi connectivity index (χ3v) is 7.63. The van der Waals surface area contributed by atoms with E-state index >= 15 is 0 Å². The molecule has 4 heterocycles. The van der Waals surface area contributed by atoms with Gasteiger partial charge in [0.1, 0.15) is 5.69 Å². The van der Waals surface area contributed by atoms with Crippen molar-refractivity contribution < 1.29 is 0 Å². The second-order valence-corrected chi connectivity index (χ2v) is 9.69. The molecule has 2 aromatic carbocycles. The quantitative estimate of drug-likeness (QED) is 0.417. The lowest BCUT2D eigenvalue weighted by atomic mass is 9.99. The molecule has 160 valence electrons. The lowest BCUT2D eigenvalue weighted by Gasteiger charge is -2.41. The highest BCUT2D eigenvalue weighted by Crippen LogP contribution is 2.33. The largest absolute Gasteiger partial charge is 0.371 e. The molecule has 2 aliphatic heterocycles. The summed E-state index contributed by atoms with van der Waals surface area (Å²) in [6, 6.07) is 13.4. The van der Waals surface area contributed by atoms with Crippen molar-refractivity contribution in [3.8, 4) is 11.5 Å². The zero-order valence-electron chi connectivity index (χ0n) is 17.6. The number of H-pyrrole nitrogens is 2. The average Bonchev–Trinajstić information content (AvgIpc) is 3.44. The molecular weight excluding hydrogens is 452 g/mol. The van der Waals surface area contributed by atoms with E-state index in [0.29, 0.717) is 0 Å². The van der Waals surface area contributed by atoms with Gasteiger partial charge >= 0.3 is 0 Å². The SMILES string of the molecule is Brc1cccc2[nH]nc(-c3nc4ccc(N5CCC(N6CCCCC6)CC5)cc4[nH]3)c12. The van der Waals surface area contributed by atoms with Crippen molar-refractivity contribution in [1.82, 2.24) is 25.1 Å². The molecule has 0 saturated carbocycles. The standard InChI is InChI=1S/C24H27BrN6/c25-18-5-4-6-20-22(18)23(29-28-20)24-26-19-8-7-17(15-21(19)27-24)31-13-9-16(10-14-31)30-11-2-1-3-12-30/h4-8,15-16H,1-3,9-14H2,(H,26,27)(H,28,29). The Morgan fingerprint density at radius 1 is 0.935 bits per heavy atom. The van der Waals surface area contributed by atoms with Crippen molar-refractivity contribution >= 4 is 43.6 Å². The van der Waals surface area contributed by atoms with Crippen molar-refractivity contribution in [2.75, 3.05) is 31.1 Å². The van der Waals surface area contributed by atoms with Gasteiger partial charge in [-0.05, 0) is 69.1 Å². The zero-order chi connectivity index (χ0) is 20.8. The number of nitrogens with zero attached hydrogens (tertiary/aromatic N) is 4. The van der Waals surface area contributed by atoms with E-state index < -0.39 is 0 Å². The van der Waals surface area contributed by atoms with Crippen LogP contribution in [0.2, 0.25) is 0 Å². The summed E-state index contributed by atoms with van der Waals surface area (Å²) >= 11 is 3.65. The van der Waals surface area contributed by atoms with Crippen LogP contribution in [0.25, 0.3) is 33.5 Å². The molecule has 0 amide bonds. The van der Waals surface area contributed by atoms with E-state index in [1.807, 2.05) is 18.2 Å². The topological polar surface area (TPSA) is 63.8 Å². The molecule has 31 heavy (non-hydrogen) atoms. The summed E-state index contributed by atoms with van der Waals surface area (Å²) in [4.78, 5) is 13.6. The Morgan fingerprint density at radius 3 is 2.61 bits per heavy atom. The van der Waals surface area contributed by atoms with Gasteiger partial charge in [0.25, 0.3) is 0 Å². The van der Waals surface area contributed by atoms with Crippen LogP contribution in [0.15, 0.2) is 40.9 Å². The smallest absolute Gasteiger partial charge is 0.159 e. The second-order valence-electron chi connectivity index (χ2n) is 8.84. The summed E-state index contributed by atoms with van der Waals surface area (Å²) in [7, 11) is 0. The van der Waals surface area contributed by atoms with Crippen LogP contribution in [-0.2, 0) is 0 Å². The number of rotatable bonds is 3. The van der Waals surface area contributed by atoms with Gasteiger partial charge in [-0.15, -0.1) is 0 Å². The first-order valence-corrected chi connectivity index (χ1v) is 12.2. The van der Waals surface area contributed by atoms with E-state index in [4.69, 9.17) is 4.98 Å². The van der Waals surface area contributed by atoms with Gasteiger partial charge in [-0.2, -0.15) is 5.10 Å². The highest BCUT2D eigenvalue weighted by Gasteiger charge is 2.26. The van der Waals surface area contributed by atoms with Gasteiger partial charge in [0.15, 0.2) is 5.82 Å². The molecule has 4 aromatic rings. The summed E-state index contributed by atoms with van der Waals surface area (Å²) in [5.41, 5.74) is 5.18. The number of aromatic amines is 2. The summed E-state index contributed by atoms with van der Waals surface area (Å²) in [5.74, 6) is 0.800. The number of aromatic nitrogens is 4. The van der Waals surface area contributed by atoms with Crippen LogP contribution >= 0.6 is 15.9 Å². The normalized spacial score (nSPS) is 18.9. The Balaban J connectivity index is 1.24. The Hall–Kier alpha value is -2.38. The minimum Gasteiger partial charge on any atom is -0.371 e. The molecule has 0 unspecified atom stereocenters. The Bertz CT molecular complexity index is 1210. The molecule has 0 atom stereocenters. The van der Waals surface area contributed by atoms with Gasteiger partial charge < -0.3 is 14.8 Å². The van der Waals surface area contributed by atoms with E-state index in [2.05, 4.69) is 59.1 Å². The first-order valence-electron chi connectivity index (χ1n) is 11.4. The second kappa shape index (κ2) is 7.95. The van der Waals surface area contributed by atoms with Gasteiger partial charge in [-0.3, -0.25) is 5.10 Å². The fraction of sp³-hybridized carbons (Fsp3) is 0.417. The Morgan fingerprint density at radius 2 is 1.77 bits per heavy atom. The lowest BCUT2D eigenvalue weighted by Crippen LogP contribution is -2.46. The molecule has 2 fully saturated rings. The monoisotopic (exact) mass is 478 g/mol. The Kier molecular flexibility index (Phi) is 4.95. The molecule has 2 saturated heterocycles. The predicted molar refractivity (Wildman–Crippen MR) is 130 cm³/mol. The summed E-state index contributed by atoms with van der Waals surface area (Å²) in [6.45, 7) is 4.85. The third kappa shape index (κ3) is 3.53. The van der Waals surface area contributed by atoms with E-state index in [0.717, 1.165) is 57.1 Å². The first-order chi connectivity index (χ1) is 15.3. The molecule has 0 spiro atoms. The highest BCUT2D eigenvalue weighted by molar-refractivity contribution is 9.10. The first kappa shape index (κ1) is 19.3. The number of fused-ring (bicyclic) bond motifs is 2. The zero-order valence-corrected chi connectivity index (χ0v) is 19.2. The van der Waals surface area contributed by atoms with Gasteiger partial charge in [0.2, 0.25) is 0 Å². The molecular formula is C24H27BrN6. The molecule has 0 radical (unpaired) electrons. The molecule has 0 bridgehead atoms. The van der Waals surface area contributed by atoms with Crippen molar-refractivity contribution in [2.45, 2.75) is 38.1 Å². The number of hydrogen-bond acceptors (Lipinski definition) is 4. The maximum Gasteiger partial charge on any atom is 0.159 e. The van der Waals surface area contributed by atoms with Crippen LogP contribution in [-0.4, -0.2) is 57.3 Å². The fourth-order valence-corrected chi connectivity index (χ4v) is 5.83. The van der Waals surface area contributed by atoms with Gasteiger partial charge in [-0.25, -0.2) is 4.98 Å². The van der Waals surface area contributed by atoms with Crippen LogP contribution in [0.5, 0.6) is 0 Å². The molecule has 0 aliphatic carbocycles. The number of likely N-dealkylation sites (tertiary alicyclic amines) is 1. The number of piperidine rings is 2. The highest BCUT2D eigenvalue weighted by atomic mass is 79.9. The molecule has 2 N–H and O–H groups in total. The van der Waals surface area contributed by atoms with Crippen molar-refractivity contribution in [3.63, 3.8) is 0 Å². The maximum absolute atomic E-state index is 4.82. The third-order valence-electron chi connectivity index (χ3n) is 6.97. The number of hydrogen-bond donors (Lipinski definition) is 2. The van der Waals surface area contributed by atoms with E-state index in [9.17, 15) is 0 Å². The van der Waals surface area contributed by atoms with Crippen LogP contribution < -0.4 is 4.90 Å². The van der Waals surface area contributed by atoms with Gasteiger partial charge in [0, 0.05) is 34.7 Å². The van der Waals surface area contributed by atoms with Crippen molar-refractivity contribution in [1.29, 1.82) is 0 Å². The number of nitrogens with one attached hydrogen (secondary N) is 2. The summed E-state index contributed by atoms with van der Waals surface area (Å²) < 4.78 is 1.02. The van der Waals surface area contributed by atoms with E-state index in [1.54, 1.807) is 0 Å². The molecule has 2 aliphatic rings. The number of benzene rings is 2. The number of imidazole rings is 1. The minimum atomic E-state index is 0.769. The Labute approximate surface area is 190 Å². The molecule has 6 rings (SSSR count). The van der Waals surface area contributed by atoms with E-state index in [1.165, 1.54) is 50.9 Å².